The lowest BCUT2D eigenvalue weighted by Crippen LogP contribution is -2.07. The highest BCUT2D eigenvalue weighted by molar-refractivity contribution is 5.82. The Balaban J connectivity index is 3.62. The van der Waals surface area contributed by atoms with E-state index in [9.17, 15) is 4.79 Å². The lowest BCUT2D eigenvalue weighted by molar-refractivity contribution is -0.121. The molecule has 0 radical (unpaired) electrons. The predicted octanol–water partition coefficient (Wildman–Crippen LogP) is 1.62. The van der Waals surface area contributed by atoms with Gasteiger partial charge in [-0.1, -0.05) is 19.8 Å². The first-order chi connectivity index (χ1) is 4.22. The van der Waals surface area contributed by atoms with Crippen LogP contribution in [0.3, 0.4) is 0 Å². The van der Waals surface area contributed by atoms with E-state index in [2.05, 4.69) is 5.92 Å². The molecule has 0 aliphatic heterocycles. The lowest BCUT2D eigenvalue weighted by atomic mass is 10.0. The van der Waals surface area contributed by atoms with Gasteiger partial charge >= 0.3 is 0 Å². The van der Waals surface area contributed by atoms with Crippen molar-refractivity contribution >= 4 is 5.78 Å². The highest BCUT2D eigenvalue weighted by atomic mass is 16.1. The van der Waals surface area contributed by atoms with Crippen LogP contribution in [0.15, 0.2) is 0 Å². The summed E-state index contributed by atoms with van der Waals surface area (Å²) in [5, 5.41) is 0. The zero-order valence-electron chi connectivity index (χ0n) is 5.98. The molecule has 0 aliphatic carbocycles. The standard InChI is InChI=1S/C8H12O/c1-4-6-8(9)7(3)5-2/h1,7H,5-6H2,2-3H3. The number of Topliss-reactive ketones (excluding diaryl/α,β-unsaturated/α-hetero) is 1. The maximum absolute atomic E-state index is 10.8. The zero-order valence-corrected chi connectivity index (χ0v) is 5.98. The first kappa shape index (κ1) is 8.23. The van der Waals surface area contributed by atoms with Gasteiger partial charge in [0, 0.05) is 5.92 Å². The normalized spacial score (nSPS) is 12.1. The van der Waals surface area contributed by atoms with Crippen LogP contribution in [0.4, 0.5) is 0 Å². The first-order valence-corrected chi connectivity index (χ1v) is 3.18. The van der Waals surface area contributed by atoms with E-state index in [4.69, 9.17) is 6.42 Å². The average molecular weight is 124 g/mol. The molecule has 50 valence electrons. The van der Waals surface area contributed by atoms with Crippen LogP contribution in [0, 0.1) is 18.3 Å². The number of hydrogen-bond acceptors (Lipinski definition) is 1. The van der Waals surface area contributed by atoms with E-state index < -0.39 is 0 Å². The molecule has 9 heavy (non-hydrogen) atoms. The second-order valence-corrected chi connectivity index (χ2v) is 2.16. The summed E-state index contributed by atoms with van der Waals surface area (Å²) in [6.07, 6.45) is 6.13. The van der Waals surface area contributed by atoms with Crippen molar-refractivity contribution in [2.45, 2.75) is 26.7 Å². The fraction of sp³-hybridized carbons (Fsp3) is 0.625. The molecule has 1 nitrogen and oxygen atoms in total. The summed E-state index contributed by atoms with van der Waals surface area (Å²) in [5.74, 6) is 2.65. The summed E-state index contributed by atoms with van der Waals surface area (Å²) in [7, 11) is 0. The second-order valence-electron chi connectivity index (χ2n) is 2.16. The quantitative estimate of drug-likeness (QED) is 0.522. The van der Waals surface area contributed by atoms with Gasteiger partial charge in [-0.25, -0.2) is 0 Å². The van der Waals surface area contributed by atoms with E-state index in [1.165, 1.54) is 0 Å². The molecular formula is C8H12O. The van der Waals surface area contributed by atoms with Crippen molar-refractivity contribution < 1.29 is 4.79 Å². The molecule has 1 heteroatoms. The zero-order chi connectivity index (χ0) is 7.28. The Hall–Kier alpha value is -0.770. The molecule has 1 unspecified atom stereocenters. The van der Waals surface area contributed by atoms with E-state index in [0.717, 1.165) is 6.42 Å². The highest BCUT2D eigenvalue weighted by Crippen LogP contribution is 2.03. The number of terminal acetylenes is 1. The summed E-state index contributed by atoms with van der Waals surface area (Å²) < 4.78 is 0. The van der Waals surface area contributed by atoms with Crippen LogP contribution in [-0.2, 0) is 4.79 Å². The highest BCUT2D eigenvalue weighted by Gasteiger charge is 2.07. The Morgan fingerprint density at radius 1 is 1.78 bits per heavy atom. The number of ketones is 1. The molecule has 1 atom stereocenters. The average Bonchev–Trinajstić information content (AvgIpc) is 1.87. The topological polar surface area (TPSA) is 17.1 Å². The van der Waals surface area contributed by atoms with E-state index in [0.29, 0.717) is 0 Å². The summed E-state index contributed by atoms with van der Waals surface area (Å²) in [6, 6.07) is 0. The van der Waals surface area contributed by atoms with Gasteiger partial charge in [-0.15, -0.1) is 6.42 Å². The van der Waals surface area contributed by atoms with Crippen molar-refractivity contribution in [2.24, 2.45) is 5.92 Å². The van der Waals surface area contributed by atoms with Gasteiger partial charge in [-0.05, 0) is 6.42 Å². The molecule has 0 rings (SSSR count). The largest absolute Gasteiger partial charge is 0.298 e. The van der Waals surface area contributed by atoms with Crippen LogP contribution in [0.1, 0.15) is 26.7 Å². The third-order valence-electron chi connectivity index (χ3n) is 1.44. The van der Waals surface area contributed by atoms with Gasteiger partial charge in [-0.3, -0.25) is 4.79 Å². The summed E-state index contributed by atoms with van der Waals surface area (Å²) in [6.45, 7) is 3.89. The van der Waals surface area contributed by atoms with Crippen LogP contribution in [-0.4, -0.2) is 5.78 Å². The minimum absolute atomic E-state index is 0.140. The van der Waals surface area contributed by atoms with Gasteiger partial charge < -0.3 is 0 Å². The summed E-state index contributed by atoms with van der Waals surface area (Å²) in [4.78, 5) is 10.8. The molecule has 0 fully saturated rings. The monoisotopic (exact) mass is 124 g/mol. The smallest absolute Gasteiger partial charge is 0.147 e. The molecule has 0 bridgehead atoms. The van der Waals surface area contributed by atoms with Crippen molar-refractivity contribution in [1.82, 2.24) is 0 Å². The Kier molecular flexibility index (Phi) is 3.79. The third kappa shape index (κ3) is 2.92. The molecule has 0 N–H and O–H groups in total. The van der Waals surface area contributed by atoms with Crippen molar-refractivity contribution in [3.63, 3.8) is 0 Å². The fourth-order valence-electron chi connectivity index (χ4n) is 0.502. The van der Waals surface area contributed by atoms with E-state index >= 15 is 0 Å². The van der Waals surface area contributed by atoms with Gasteiger partial charge in [-0.2, -0.15) is 0 Å². The third-order valence-corrected chi connectivity index (χ3v) is 1.44. The van der Waals surface area contributed by atoms with Crippen molar-refractivity contribution in [3.8, 4) is 12.3 Å². The lowest BCUT2D eigenvalue weighted by Gasteiger charge is -2.01. The summed E-state index contributed by atoms with van der Waals surface area (Å²) in [5.41, 5.74) is 0. The minimum Gasteiger partial charge on any atom is -0.298 e. The Labute approximate surface area is 56.5 Å². The number of hydrogen-bond donors (Lipinski definition) is 0. The molecule has 0 saturated heterocycles. The van der Waals surface area contributed by atoms with E-state index in [1.54, 1.807) is 0 Å². The number of carbonyl (C=O) groups excluding carboxylic acids is 1. The minimum atomic E-state index is 0.140. The molecule has 0 heterocycles. The Morgan fingerprint density at radius 2 is 2.33 bits per heavy atom. The molecule has 0 saturated carbocycles. The van der Waals surface area contributed by atoms with Gasteiger partial charge in [0.2, 0.25) is 0 Å². The SMILES string of the molecule is C#CCC(=O)C(C)CC. The Morgan fingerprint density at radius 3 is 2.67 bits per heavy atom. The van der Waals surface area contributed by atoms with Crippen molar-refractivity contribution in [3.05, 3.63) is 0 Å². The molecular weight excluding hydrogens is 112 g/mol. The maximum atomic E-state index is 10.8. The van der Waals surface area contributed by atoms with Gasteiger partial charge in [0.25, 0.3) is 0 Å². The molecule has 0 aliphatic rings. The van der Waals surface area contributed by atoms with Gasteiger partial charge in [0.1, 0.15) is 5.78 Å². The number of rotatable bonds is 3. The van der Waals surface area contributed by atoms with E-state index in [-0.39, 0.29) is 18.1 Å². The fourth-order valence-corrected chi connectivity index (χ4v) is 0.502. The van der Waals surface area contributed by atoms with Crippen LogP contribution < -0.4 is 0 Å². The Bertz CT molecular complexity index is 130. The predicted molar refractivity (Wildman–Crippen MR) is 37.9 cm³/mol. The molecule has 0 aromatic carbocycles. The first-order valence-electron chi connectivity index (χ1n) is 3.18. The van der Waals surface area contributed by atoms with Crippen molar-refractivity contribution in [1.29, 1.82) is 0 Å². The van der Waals surface area contributed by atoms with Crippen LogP contribution in [0.25, 0.3) is 0 Å². The molecule has 0 amide bonds. The summed E-state index contributed by atoms with van der Waals surface area (Å²) >= 11 is 0. The van der Waals surface area contributed by atoms with Crippen LogP contribution in [0.5, 0.6) is 0 Å². The number of carbonyl (C=O) groups is 1. The molecule has 0 aromatic heterocycles. The van der Waals surface area contributed by atoms with Gasteiger partial charge in [0.05, 0.1) is 6.42 Å². The van der Waals surface area contributed by atoms with Crippen molar-refractivity contribution in [2.75, 3.05) is 0 Å². The molecule has 0 aromatic rings. The van der Waals surface area contributed by atoms with Gasteiger partial charge in [0.15, 0.2) is 0 Å². The second kappa shape index (κ2) is 4.14. The van der Waals surface area contributed by atoms with Crippen LogP contribution in [0.2, 0.25) is 0 Å². The van der Waals surface area contributed by atoms with E-state index in [1.807, 2.05) is 13.8 Å². The molecule has 0 spiro atoms. The van der Waals surface area contributed by atoms with Crippen LogP contribution >= 0.6 is 0 Å². The maximum Gasteiger partial charge on any atom is 0.147 e.